The Bertz CT molecular complexity index is 507. The Labute approximate surface area is 132 Å². The van der Waals surface area contributed by atoms with Crippen LogP contribution in [0.15, 0.2) is 48.5 Å². The molecule has 0 bridgehead atoms. The van der Waals surface area contributed by atoms with Crippen molar-refractivity contribution in [2.45, 2.75) is 25.2 Å². The van der Waals surface area contributed by atoms with Crippen LogP contribution in [0.25, 0.3) is 0 Å². The monoisotopic (exact) mass is 300 g/mol. The number of hydrogen-bond acceptors (Lipinski definition) is 3. The maximum atomic E-state index is 9.91. The van der Waals surface area contributed by atoms with Crippen molar-refractivity contribution in [3.05, 3.63) is 59.7 Å². The highest BCUT2D eigenvalue weighted by Crippen LogP contribution is 2.36. The molecule has 0 aliphatic carbocycles. The molecule has 2 atom stereocenters. The fraction of sp³-hybridized carbons (Fsp3) is 0.368. The van der Waals surface area contributed by atoms with Crippen molar-refractivity contribution in [2.24, 2.45) is 0 Å². The topological polar surface area (TPSA) is 38.7 Å². The summed E-state index contributed by atoms with van der Waals surface area (Å²) >= 11 is 0. The number of aliphatic hydroxyl groups excluding tert-OH is 1. The van der Waals surface area contributed by atoms with Gasteiger partial charge < -0.3 is 14.6 Å². The van der Waals surface area contributed by atoms with Gasteiger partial charge in [0.15, 0.2) is 0 Å². The van der Waals surface area contributed by atoms with Gasteiger partial charge in [-0.15, -0.1) is 0 Å². The smallest absolute Gasteiger partial charge is 0.118 e. The van der Waals surface area contributed by atoms with Crippen LogP contribution in [0.2, 0.25) is 0 Å². The van der Waals surface area contributed by atoms with Crippen LogP contribution in [0.4, 0.5) is 0 Å². The Morgan fingerprint density at radius 2 is 1.18 bits per heavy atom. The van der Waals surface area contributed by atoms with E-state index in [0.29, 0.717) is 0 Å². The summed E-state index contributed by atoms with van der Waals surface area (Å²) in [6.45, 7) is 2.28. The van der Waals surface area contributed by atoms with Gasteiger partial charge in [0, 0.05) is 5.92 Å². The standard InChI is InChI=1S/C19H24O3/c1-4-18(14-5-9-16(21-2)10-6-14)19(13-20)15-7-11-17(22-3)12-8-15/h5-12,18-20H,4,13H2,1-3H3. The summed E-state index contributed by atoms with van der Waals surface area (Å²) in [5, 5.41) is 9.91. The summed E-state index contributed by atoms with van der Waals surface area (Å²) in [5.41, 5.74) is 2.35. The summed E-state index contributed by atoms with van der Waals surface area (Å²) in [7, 11) is 3.32. The Morgan fingerprint density at radius 1 is 0.773 bits per heavy atom. The van der Waals surface area contributed by atoms with Crippen LogP contribution in [0.5, 0.6) is 11.5 Å². The summed E-state index contributed by atoms with van der Waals surface area (Å²) < 4.78 is 10.4. The normalized spacial score (nSPS) is 13.5. The number of hydrogen-bond donors (Lipinski definition) is 1. The average molecular weight is 300 g/mol. The molecule has 0 heterocycles. The first-order valence-corrected chi connectivity index (χ1v) is 7.62. The number of ether oxygens (including phenoxy) is 2. The first-order valence-electron chi connectivity index (χ1n) is 7.62. The van der Waals surface area contributed by atoms with Crippen LogP contribution in [-0.2, 0) is 0 Å². The van der Waals surface area contributed by atoms with Crippen LogP contribution in [-0.4, -0.2) is 25.9 Å². The van der Waals surface area contributed by atoms with Gasteiger partial charge in [-0.1, -0.05) is 31.2 Å². The molecule has 22 heavy (non-hydrogen) atoms. The fourth-order valence-corrected chi connectivity index (χ4v) is 2.92. The molecule has 0 saturated heterocycles. The fourth-order valence-electron chi connectivity index (χ4n) is 2.92. The third-order valence-corrected chi connectivity index (χ3v) is 4.21. The van der Waals surface area contributed by atoms with Crippen LogP contribution < -0.4 is 9.47 Å². The second-order valence-electron chi connectivity index (χ2n) is 5.35. The molecule has 0 radical (unpaired) electrons. The maximum absolute atomic E-state index is 9.91. The minimum atomic E-state index is 0.0734. The Balaban J connectivity index is 2.28. The molecule has 0 aliphatic heterocycles. The highest BCUT2D eigenvalue weighted by Gasteiger charge is 2.23. The van der Waals surface area contributed by atoms with Gasteiger partial charge in [-0.2, -0.15) is 0 Å². The summed E-state index contributed by atoms with van der Waals surface area (Å²) in [4.78, 5) is 0. The molecule has 0 aliphatic rings. The largest absolute Gasteiger partial charge is 0.497 e. The van der Waals surface area contributed by atoms with Gasteiger partial charge in [0.2, 0.25) is 0 Å². The van der Waals surface area contributed by atoms with Gasteiger partial charge in [-0.25, -0.2) is 0 Å². The lowest BCUT2D eigenvalue weighted by atomic mass is 9.80. The summed E-state index contributed by atoms with van der Waals surface area (Å²) in [6.07, 6.45) is 0.962. The molecule has 3 heteroatoms. The van der Waals surface area contributed by atoms with Crippen molar-refractivity contribution >= 4 is 0 Å². The minimum absolute atomic E-state index is 0.0734. The molecule has 2 aromatic carbocycles. The van der Waals surface area contributed by atoms with E-state index in [9.17, 15) is 5.11 Å². The zero-order valence-corrected chi connectivity index (χ0v) is 13.5. The Morgan fingerprint density at radius 3 is 1.50 bits per heavy atom. The highest BCUT2D eigenvalue weighted by molar-refractivity contribution is 5.35. The number of benzene rings is 2. The zero-order chi connectivity index (χ0) is 15.9. The first kappa shape index (κ1) is 16.4. The molecule has 0 aromatic heterocycles. The van der Waals surface area contributed by atoms with E-state index in [1.807, 2.05) is 36.4 Å². The van der Waals surface area contributed by atoms with Crippen LogP contribution in [0.1, 0.15) is 36.3 Å². The van der Waals surface area contributed by atoms with Crippen LogP contribution in [0.3, 0.4) is 0 Å². The van der Waals surface area contributed by atoms with Gasteiger partial charge in [0.25, 0.3) is 0 Å². The number of methoxy groups -OCH3 is 2. The predicted octanol–water partition coefficient (Wildman–Crippen LogP) is 3.97. The lowest BCUT2D eigenvalue weighted by Crippen LogP contribution is -2.14. The highest BCUT2D eigenvalue weighted by atomic mass is 16.5. The van der Waals surface area contributed by atoms with Gasteiger partial charge in [-0.05, 0) is 47.7 Å². The van der Waals surface area contributed by atoms with Crippen molar-refractivity contribution in [1.29, 1.82) is 0 Å². The lowest BCUT2D eigenvalue weighted by Gasteiger charge is -2.26. The van der Waals surface area contributed by atoms with Crippen molar-refractivity contribution in [3.8, 4) is 11.5 Å². The second kappa shape index (κ2) is 7.85. The molecule has 1 N–H and O–H groups in total. The molecule has 0 saturated carbocycles. The molecule has 2 aromatic rings. The van der Waals surface area contributed by atoms with Crippen LogP contribution >= 0.6 is 0 Å². The molecule has 2 unspecified atom stereocenters. The van der Waals surface area contributed by atoms with E-state index in [-0.39, 0.29) is 18.4 Å². The van der Waals surface area contributed by atoms with E-state index in [2.05, 4.69) is 19.1 Å². The molecule has 3 nitrogen and oxygen atoms in total. The SMILES string of the molecule is CCC(c1ccc(OC)cc1)C(CO)c1ccc(OC)cc1. The van der Waals surface area contributed by atoms with Crippen molar-refractivity contribution in [1.82, 2.24) is 0 Å². The van der Waals surface area contributed by atoms with Crippen molar-refractivity contribution in [3.63, 3.8) is 0 Å². The molecule has 0 spiro atoms. The molecule has 2 rings (SSSR count). The number of aliphatic hydroxyl groups is 1. The van der Waals surface area contributed by atoms with E-state index in [1.165, 1.54) is 5.56 Å². The predicted molar refractivity (Wildman–Crippen MR) is 88.8 cm³/mol. The van der Waals surface area contributed by atoms with Gasteiger partial charge in [0.1, 0.15) is 11.5 Å². The van der Waals surface area contributed by atoms with Gasteiger partial charge in [-0.3, -0.25) is 0 Å². The average Bonchev–Trinajstić information content (AvgIpc) is 2.60. The van der Waals surface area contributed by atoms with E-state index in [0.717, 1.165) is 23.5 Å². The second-order valence-corrected chi connectivity index (χ2v) is 5.35. The van der Waals surface area contributed by atoms with Gasteiger partial charge in [0.05, 0.1) is 20.8 Å². The third kappa shape index (κ3) is 3.60. The van der Waals surface area contributed by atoms with Crippen molar-refractivity contribution < 1.29 is 14.6 Å². The van der Waals surface area contributed by atoms with E-state index in [1.54, 1.807) is 14.2 Å². The van der Waals surface area contributed by atoms with E-state index in [4.69, 9.17) is 9.47 Å². The lowest BCUT2D eigenvalue weighted by molar-refractivity contribution is 0.245. The van der Waals surface area contributed by atoms with Gasteiger partial charge >= 0.3 is 0 Å². The molecule has 0 amide bonds. The van der Waals surface area contributed by atoms with E-state index < -0.39 is 0 Å². The third-order valence-electron chi connectivity index (χ3n) is 4.21. The summed E-state index contributed by atoms with van der Waals surface area (Å²) in [6, 6.07) is 16.1. The molecule has 0 fully saturated rings. The Hall–Kier alpha value is -2.00. The molecular formula is C19H24O3. The van der Waals surface area contributed by atoms with Crippen LogP contribution in [0, 0.1) is 0 Å². The minimum Gasteiger partial charge on any atom is -0.497 e. The first-order chi connectivity index (χ1) is 10.7. The molecular weight excluding hydrogens is 276 g/mol. The maximum Gasteiger partial charge on any atom is 0.118 e. The van der Waals surface area contributed by atoms with E-state index >= 15 is 0 Å². The number of rotatable bonds is 7. The quantitative estimate of drug-likeness (QED) is 0.841. The summed E-state index contributed by atoms with van der Waals surface area (Å²) in [5.74, 6) is 2.02. The Kier molecular flexibility index (Phi) is 5.84. The zero-order valence-electron chi connectivity index (χ0n) is 13.5. The molecule has 118 valence electrons. The van der Waals surface area contributed by atoms with Crippen molar-refractivity contribution in [2.75, 3.05) is 20.8 Å².